The van der Waals surface area contributed by atoms with Gasteiger partial charge in [0.15, 0.2) is 11.5 Å². The van der Waals surface area contributed by atoms with E-state index >= 15 is 0 Å². The molecule has 0 saturated heterocycles. The van der Waals surface area contributed by atoms with Crippen molar-refractivity contribution in [2.24, 2.45) is 4.99 Å². The molecule has 0 aromatic heterocycles. The van der Waals surface area contributed by atoms with Crippen LogP contribution in [-0.4, -0.2) is 20.3 Å². The lowest BCUT2D eigenvalue weighted by Crippen LogP contribution is -2.06. The molecule has 4 nitrogen and oxygen atoms in total. The Morgan fingerprint density at radius 1 is 1.29 bits per heavy atom. The molecule has 17 heavy (non-hydrogen) atoms. The highest BCUT2D eigenvalue weighted by molar-refractivity contribution is 9.10. The largest absolute Gasteiger partial charge is 0.492 e. The average Bonchev–Trinajstić information content (AvgIpc) is 3.09. The molecule has 90 valence electrons. The number of nitrogens with zero attached hydrogens (tertiary/aromatic N) is 1. The van der Waals surface area contributed by atoms with Crippen molar-refractivity contribution in [2.45, 2.75) is 18.4 Å². The normalized spacial score (nSPS) is 15.9. The topological polar surface area (TPSA) is 47.9 Å². The maximum absolute atomic E-state index is 10.5. The number of carbonyl (C=O) groups excluding carboxylic acids is 1. The average molecular weight is 298 g/mol. The first kappa shape index (κ1) is 12.1. The summed E-state index contributed by atoms with van der Waals surface area (Å²) in [5.74, 6) is 1.25. The Hall–Kier alpha value is -1.32. The lowest BCUT2D eigenvalue weighted by atomic mass is 10.0. The minimum Gasteiger partial charge on any atom is -0.492 e. The van der Waals surface area contributed by atoms with E-state index in [4.69, 9.17) is 9.47 Å². The van der Waals surface area contributed by atoms with Crippen LogP contribution in [0.15, 0.2) is 21.6 Å². The maximum atomic E-state index is 10.5. The van der Waals surface area contributed by atoms with Crippen molar-refractivity contribution < 1.29 is 14.3 Å². The summed E-state index contributed by atoms with van der Waals surface area (Å²) in [5, 5.41) is 0. The fourth-order valence-electron chi connectivity index (χ4n) is 1.95. The highest BCUT2D eigenvalue weighted by Crippen LogP contribution is 2.55. The zero-order chi connectivity index (χ0) is 12.5. The fourth-order valence-corrected chi connectivity index (χ4v) is 2.42. The third kappa shape index (κ3) is 1.96. The van der Waals surface area contributed by atoms with Gasteiger partial charge in [0.2, 0.25) is 6.08 Å². The molecule has 0 unspecified atom stereocenters. The van der Waals surface area contributed by atoms with Gasteiger partial charge in [-0.25, -0.2) is 4.79 Å². The van der Waals surface area contributed by atoms with Gasteiger partial charge in [-0.2, -0.15) is 4.99 Å². The highest BCUT2D eigenvalue weighted by Gasteiger charge is 2.47. The van der Waals surface area contributed by atoms with Crippen LogP contribution in [0.1, 0.15) is 18.4 Å². The van der Waals surface area contributed by atoms with Gasteiger partial charge in [0.05, 0.1) is 18.7 Å². The van der Waals surface area contributed by atoms with E-state index < -0.39 is 5.54 Å². The van der Waals surface area contributed by atoms with Crippen LogP contribution in [0.3, 0.4) is 0 Å². The van der Waals surface area contributed by atoms with Gasteiger partial charge >= 0.3 is 0 Å². The predicted octanol–water partition coefficient (Wildman–Crippen LogP) is 2.79. The molecule has 1 aromatic carbocycles. The van der Waals surface area contributed by atoms with Gasteiger partial charge in [-0.05, 0) is 34.8 Å². The molecular formula is C12H12BrNO3. The maximum Gasteiger partial charge on any atom is 0.235 e. The van der Waals surface area contributed by atoms with E-state index in [1.165, 1.54) is 0 Å². The first-order valence-electron chi connectivity index (χ1n) is 5.18. The zero-order valence-corrected chi connectivity index (χ0v) is 11.2. The van der Waals surface area contributed by atoms with Crippen LogP contribution in [0.5, 0.6) is 11.5 Å². The first-order valence-corrected chi connectivity index (χ1v) is 5.98. The zero-order valence-electron chi connectivity index (χ0n) is 9.62. The summed E-state index contributed by atoms with van der Waals surface area (Å²) in [5.41, 5.74) is 0.421. The summed E-state index contributed by atoms with van der Waals surface area (Å²) in [6, 6.07) is 3.77. The number of hydrogen-bond acceptors (Lipinski definition) is 4. The van der Waals surface area contributed by atoms with Crippen molar-refractivity contribution in [3.8, 4) is 11.5 Å². The van der Waals surface area contributed by atoms with Gasteiger partial charge in [-0.1, -0.05) is 6.07 Å². The lowest BCUT2D eigenvalue weighted by Gasteiger charge is -2.17. The number of isocyanates is 1. The number of rotatable bonds is 4. The Labute approximate surface area is 108 Å². The van der Waals surface area contributed by atoms with Gasteiger partial charge in [-0.3, -0.25) is 0 Å². The summed E-state index contributed by atoms with van der Waals surface area (Å²) in [7, 11) is 3.16. The smallest absolute Gasteiger partial charge is 0.235 e. The van der Waals surface area contributed by atoms with Crippen molar-refractivity contribution in [1.29, 1.82) is 0 Å². The monoisotopic (exact) mass is 297 g/mol. The molecule has 1 aliphatic rings. The highest BCUT2D eigenvalue weighted by atomic mass is 79.9. The van der Waals surface area contributed by atoms with Gasteiger partial charge in [0.25, 0.3) is 0 Å². The molecule has 1 aliphatic carbocycles. The molecule has 0 bridgehead atoms. The van der Waals surface area contributed by atoms with Crippen molar-refractivity contribution >= 4 is 22.0 Å². The van der Waals surface area contributed by atoms with Gasteiger partial charge in [0, 0.05) is 5.56 Å². The third-order valence-corrected chi connectivity index (χ3v) is 3.58. The molecular weight excluding hydrogens is 286 g/mol. The Bertz CT molecular complexity index is 491. The summed E-state index contributed by atoms with van der Waals surface area (Å²) in [6.45, 7) is 0. The predicted molar refractivity (Wildman–Crippen MR) is 66.3 cm³/mol. The summed E-state index contributed by atoms with van der Waals surface area (Å²) in [4.78, 5) is 14.4. The molecule has 2 rings (SSSR count). The second-order valence-corrected chi connectivity index (χ2v) is 4.75. The van der Waals surface area contributed by atoms with E-state index in [0.29, 0.717) is 11.5 Å². The Balaban J connectivity index is 2.59. The van der Waals surface area contributed by atoms with E-state index in [0.717, 1.165) is 22.9 Å². The van der Waals surface area contributed by atoms with Gasteiger partial charge < -0.3 is 9.47 Å². The van der Waals surface area contributed by atoms with Crippen LogP contribution in [0, 0.1) is 0 Å². The van der Waals surface area contributed by atoms with Crippen molar-refractivity contribution in [1.82, 2.24) is 0 Å². The van der Waals surface area contributed by atoms with E-state index in [1.54, 1.807) is 20.3 Å². The molecule has 0 spiro atoms. The lowest BCUT2D eigenvalue weighted by molar-refractivity contribution is 0.347. The minimum absolute atomic E-state index is 0.457. The Morgan fingerprint density at radius 3 is 2.41 bits per heavy atom. The number of halogens is 1. The third-order valence-electron chi connectivity index (χ3n) is 2.96. The molecule has 0 amide bonds. The minimum atomic E-state index is -0.457. The second kappa shape index (κ2) is 4.51. The summed E-state index contributed by atoms with van der Waals surface area (Å²) < 4.78 is 11.5. The quantitative estimate of drug-likeness (QED) is 0.634. The molecule has 0 N–H and O–H groups in total. The molecule has 1 saturated carbocycles. The van der Waals surface area contributed by atoms with Crippen LogP contribution < -0.4 is 9.47 Å². The van der Waals surface area contributed by atoms with E-state index in [9.17, 15) is 4.79 Å². The van der Waals surface area contributed by atoms with Crippen molar-refractivity contribution in [2.75, 3.05) is 14.2 Å². The molecule has 0 aliphatic heterocycles. The summed E-state index contributed by atoms with van der Waals surface area (Å²) in [6.07, 6.45) is 3.31. The van der Waals surface area contributed by atoms with Crippen LogP contribution >= 0.6 is 15.9 Å². The van der Waals surface area contributed by atoms with E-state index in [1.807, 2.05) is 12.1 Å². The number of aliphatic imine (C=N–C) groups is 1. The van der Waals surface area contributed by atoms with Crippen molar-refractivity contribution in [3.63, 3.8) is 0 Å². The molecule has 5 heteroatoms. The number of ether oxygens (including phenoxy) is 2. The Morgan fingerprint density at radius 2 is 1.94 bits per heavy atom. The van der Waals surface area contributed by atoms with Crippen LogP contribution in [0.2, 0.25) is 0 Å². The molecule has 0 heterocycles. The van der Waals surface area contributed by atoms with Gasteiger partial charge in [-0.15, -0.1) is 0 Å². The molecule has 1 aromatic rings. The molecule has 0 atom stereocenters. The van der Waals surface area contributed by atoms with E-state index in [2.05, 4.69) is 20.9 Å². The van der Waals surface area contributed by atoms with Crippen LogP contribution in [0.25, 0.3) is 0 Å². The number of benzene rings is 1. The fraction of sp³-hybridized carbons (Fsp3) is 0.417. The van der Waals surface area contributed by atoms with Gasteiger partial charge in [0.1, 0.15) is 5.54 Å². The molecule has 1 fully saturated rings. The van der Waals surface area contributed by atoms with Crippen LogP contribution in [-0.2, 0) is 10.3 Å². The van der Waals surface area contributed by atoms with E-state index in [-0.39, 0.29) is 0 Å². The standard InChI is InChI=1S/C12H12BrNO3/c1-16-10-8(12(5-6-12)14-7-15)3-4-9(13)11(10)17-2/h3-4H,5-6H2,1-2H3. The van der Waals surface area contributed by atoms with Crippen LogP contribution in [0.4, 0.5) is 0 Å². The molecule has 0 radical (unpaired) electrons. The number of hydrogen-bond donors (Lipinski definition) is 0. The number of methoxy groups -OCH3 is 2. The summed E-state index contributed by atoms with van der Waals surface area (Å²) >= 11 is 3.40. The van der Waals surface area contributed by atoms with Crippen molar-refractivity contribution in [3.05, 3.63) is 22.2 Å². The second-order valence-electron chi connectivity index (χ2n) is 3.90. The Kier molecular flexibility index (Phi) is 3.22. The first-order chi connectivity index (χ1) is 8.18. The SMILES string of the molecule is COc1c(Br)ccc(C2(N=C=O)CC2)c1OC.